The number of hydrogen-bond acceptors (Lipinski definition) is 0. The minimum atomic E-state index is 0. The highest BCUT2D eigenvalue weighted by Gasteiger charge is 2.01. The lowest BCUT2D eigenvalue weighted by Gasteiger charge is -2.02. The summed E-state index contributed by atoms with van der Waals surface area (Å²) in [5.41, 5.74) is 1.56. The van der Waals surface area contributed by atoms with E-state index in [1.165, 1.54) is 6.42 Å². The Bertz CT molecular complexity index is 299. The van der Waals surface area contributed by atoms with E-state index in [4.69, 9.17) is 0 Å². The predicted octanol–water partition coefficient (Wildman–Crippen LogP) is 7.15. The van der Waals surface area contributed by atoms with Crippen LogP contribution in [0.3, 0.4) is 0 Å². The summed E-state index contributed by atoms with van der Waals surface area (Å²) in [7, 11) is 0. The normalized spacial score (nSPS) is 11.2. The van der Waals surface area contributed by atoms with Gasteiger partial charge in [0, 0.05) is 0 Å². The van der Waals surface area contributed by atoms with Gasteiger partial charge < -0.3 is 0 Å². The molecule has 2 rings (SSSR count). The third kappa shape index (κ3) is 16.7. The zero-order chi connectivity index (χ0) is 13.8. The van der Waals surface area contributed by atoms with Crippen molar-refractivity contribution >= 4 is 0 Å². The molecular weight excluding hydrogens is 240 g/mol. The van der Waals surface area contributed by atoms with Crippen LogP contribution in [0.5, 0.6) is 0 Å². The first kappa shape index (κ1) is 23.8. The molecule has 0 N–H and O–H groups in total. The zero-order valence-corrected chi connectivity index (χ0v) is 12.6. The molecule has 1 aliphatic rings. The molecule has 0 spiro atoms. The van der Waals surface area contributed by atoms with Crippen LogP contribution in [0.15, 0.2) is 60.2 Å². The maximum atomic E-state index is 2.23. The third-order valence-corrected chi connectivity index (χ3v) is 2.21. The van der Waals surface area contributed by atoms with Gasteiger partial charge in [-0.05, 0) is 18.3 Å². The number of benzene rings is 1. The fourth-order valence-electron chi connectivity index (χ4n) is 1.28. The summed E-state index contributed by atoms with van der Waals surface area (Å²) in [4.78, 5) is 0. The van der Waals surface area contributed by atoms with E-state index < -0.39 is 0 Å². The van der Waals surface area contributed by atoms with Crippen molar-refractivity contribution in [3.05, 3.63) is 60.2 Å². The van der Waals surface area contributed by atoms with Crippen molar-refractivity contribution in [3.63, 3.8) is 0 Å². The van der Waals surface area contributed by atoms with Gasteiger partial charge in [0.1, 0.15) is 0 Å². The predicted molar refractivity (Wildman–Crippen MR) is 97.1 cm³/mol. The summed E-state index contributed by atoms with van der Waals surface area (Å²) >= 11 is 0. The largest absolute Gasteiger partial charge is 0.0805 e. The number of hydrogen-bond donors (Lipinski definition) is 0. The molecule has 0 heteroatoms. The van der Waals surface area contributed by atoms with E-state index in [9.17, 15) is 0 Å². The minimum Gasteiger partial charge on any atom is -0.0805 e. The average molecular weight is 277 g/mol. The van der Waals surface area contributed by atoms with Gasteiger partial charge in [-0.2, -0.15) is 0 Å². The summed E-state index contributed by atoms with van der Waals surface area (Å²) in [6.07, 6.45) is 7.73. The van der Waals surface area contributed by atoms with Crippen LogP contribution in [0.1, 0.15) is 55.9 Å². The molecule has 1 aliphatic carbocycles. The van der Waals surface area contributed by atoms with Crippen LogP contribution in [0.25, 0.3) is 0 Å². The molecule has 116 valence electrons. The fourth-order valence-corrected chi connectivity index (χ4v) is 1.28. The molecule has 0 amide bonds. The quantitative estimate of drug-likeness (QED) is 0.511. The molecule has 1 aromatic carbocycles. The van der Waals surface area contributed by atoms with Crippen LogP contribution < -0.4 is 0 Å². The molecule has 0 unspecified atom stereocenters. The second-order valence-corrected chi connectivity index (χ2v) is 5.42. The van der Waals surface area contributed by atoms with Crippen LogP contribution in [0.4, 0.5) is 0 Å². The van der Waals surface area contributed by atoms with Crippen LogP contribution in [0.2, 0.25) is 0 Å². The van der Waals surface area contributed by atoms with Gasteiger partial charge in [-0.15, -0.1) is 0 Å². The Kier molecular flexibility index (Phi) is 18.7. The molecule has 0 atom stereocenters. The summed E-state index contributed by atoms with van der Waals surface area (Å²) in [6, 6.07) is 12.0. The van der Waals surface area contributed by atoms with Gasteiger partial charge >= 0.3 is 0 Å². The molecule has 0 heterocycles. The van der Waals surface area contributed by atoms with Crippen LogP contribution in [0, 0.1) is 11.8 Å². The van der Waals surface area contributed by atoms with Crippen molar-refractivity contribution in [1.29, 1.82) is 0 Å². The standard InChI is InChI=1S/C8H12.C6H6.C4H10.2CH4/c1-7(2)8-5-3-4-6-8;1-2-4-6-5-3-1;1-4(2)3;;/h3-5,7H,6H2,1-2H3;1-6H;4H,1-3H3;2*1H4. The summed E-state index contributed by atoms with van der Waals surface area (Å²) in [6.45, 7) is 11.0. The number of rotatable bonds is 1. The zero-order valence-electron chi connectivity index (χ0n) is 12.6. The first-order chi connectivity index (χ1) is 8.54. The Balaban J connectivity index is -0.000000218. The lowest BCUT2D eigenvalue weighted by molar-refractivity contribution is 0.737. The highest BCUT2D eigenvalue weighted by Crippen LogP contribution is 2.18. The van der Waals surface area contributed by atoms with Gasteiger partial charge in [-0.25, -0.2) is 0 Å². The first-order valence-electron chi connectivity index (χ1n) is 6.89. The van der Waals surface area contributed by atoms with Crippen molar-refractivity contribution < 1.29 is 0 Å². The topological polar surface area (TPSA) is 0 Å². The van der Waals surface area contributed by atoms with Crippen molar-refractivity contribution in [2.75, 3.05) is 0 Å². The minimum absolute atomic E-state index is 0. The maximum Gasteiger partial charge on any atom is -0.0130 e. The van der Waals surface area contributed by atoms with E-state index in [0.29, 0.717) is 0 Å². The van der Waals surface area contributed by atoms with Crippen LogP contribution in [-0.4, -0.2) is 0 Å². The molecule has 0 bridgehead atoms. The SMILES string of the molecule is C.C.CC(C)C.CC(C)C1=CC=CC1.c1ccccc1. The van der Waals surface area contributed by atoms with E-state index >= 15 is 0 Å². The molecule has 0 aliphatic heterocycles. The molecule has 0 nitrogen and oxygen atoms in total. The first-order valence-corrected chi connectivity index (χ1v) is 6.89. The van der Waals surface area contributed by atoms with Gasteiger partial charge in [-0.3, -0.25) is 0 Å². The molecule has 20 heavy (non-hydrogen) atoms. The molecule has 1 aromatic rings. The van der Waals surface area contributed by atoms with Crippen LogP contribution in [-0.2, 0) is 0 Å². The van der Waals surface area contributed by atoms with E-state index in [2.05, 4.69) is 52.8 Å². The molecule has 0 fully saturated rings. The number of allylic oxidation sites excluding steroid dienone is 4. The molecular formula is C20H36. The summed E-state index contributed by atoms with van der Waals surface area (Å²) < 4.78 is 0. The third-order valence-electron chi connectivity index (χ3n) is 2.21. The Morgan fingerprint density at radius 3 is 1.25 bits per heavy atom. The van der Waals surface area contributed by atoms with E-state index in [0.717, 1.165) is 11.8 Å². The monoisotopic (exact) mass is 276 g/mol. The van der Waals surface area contributed by atoms with E-state index in [1.807, 2.05) is 36.4 Å². The van der Waals surface area contributed by atoms with Crippen molar-refractivity contribution in [2.24, 2.45) is 11.8 Å². The second-order valence-electron chi connectivity index (χ2n) is 5.42. The second kappa shape index (κ2) is 15.8. The maximum absolute atomic E-state index is 2.23. The smallest absolute Gasteiger partial charge is 0.0130 e. The Morgan fingerprint density at radius 2 is 1.10 bits per heavy atom. The lowest BCUT2D eigenvalue weighted by Crippen LogP contribution is -1.88. The van der Waals surface area contributed by atoms with Gasteiger partial charge in [0.25, 0.3) is 0 Å². The van der Waals surface area contributed by atoms with Gasteiger partial charge in [0.05, 0.1) is 0 Å². The highest BCUT2D eigenvalue weighted by molar-refractivity contribution is 5.23. The van der Waals surface area contributed by atoms with Gasteiger partial charge in [-0.1, -0.05) is 110 Å². The molecule has 0 saturated heterocycles. The van der Waals surface area contributed by atoms with Crippen molar-refractivity contribution in [1.82, 2.24) is 0 Å². The summed E-state index contributed by atoms with van der Waals surface area (Å²) in [5, 5.41) is 0. The van der Waals surface area contributed by atoms with Crippen molar-refractivity contribution in [3.8, 4) is 0 Å². The molecule has 0 aromatic heterocycles. The van der Waals surface area contributed by atoms with Crippen LogP contribution >= 0.6 is 0 Å². The highest BCUT2D eigenvalue weighted by atomic mass is 14.1. The van der Waals surface area contributed by atoms with Gasteiger partial charge in [0.15, 0.2) is 0 Å². The molecule has 0 saturated carbocycles. The lowest BCUT2D eigenvalue weighted by atomic mass is 10.0. The Morgan fingerprint density at radius 1 is 0.750 bits per heavy atom. The average Bonchev–Trinajstić information content (AvgIpc) is 2.85. The molecule has 0 radical (unpaired) electrons. The summed E-state index contributed by atoms with van der Waals surface area (Å²) in [5.74, 6) is 1.57. The fraction of sp³-hybridized carbons (Fsp3) is 0.500. The van der Waals surface area contributed by atoms with E-state index in [1.54, 1.807) is 5.57 Å². The Labute approximate surface area is 128 Å². The Hall–Kier alpha value is -1.30. The van der Waals surface area contributed by atoms with E-state index in [-0.39, 0.29) is 14.9 Å². The van der Waals surface area contributed by atoms with Crippen molar-refractivity contribution in [2.45, 2.75) is 55.9 Å². The van der Waals surface area contributed by atoms with Gasteiger partial charge in [0.2, 0.25) is 0 Å².